The Morgan fingerprint density at radius 3 is 1.78 bits per heavy atom. The molecule has 0 N–H and O–H groups in total. The molecule has 0 radical (unpaired) electrons. The first-order chi connectivity index (χ1) is 17.9. The van der Waals surface area contributed by atoms with E-state index < -0.39 is 22.0 Å². The maximum atomic E-state index is 14.4. The van der Waals surface area contributed by atoms with Crippen molar-refractivity contribution < 1.29 is 13.2 Å². The summed E-state index contributed by atoms with van der Waals surface area (Å²) < 4.78 is 29.2. The normalized spacial score (nSPS) is 18.0. The molecule has 0 unspecified atom stereocenters. The van der Waals surface area contributed by atoms with Gasteiger partial charge in [-0.1, -0.05) is 91.0 Å². The first-order valence-corrected chi connectivity index (χ1v) is 13.6. The quantitative estimate of drug-likeness (QED) is 0.288. The summed E-state index contributed by atoms with van der Waals surface area (Å²) in [6, 6.07) is 34.2. The van der Waals surface area contributed by atoms with Crippen LogP contribution in [0, 0.1) is 12.8 Å². The molecule has 37 heavy (non-hydrogen) atoms. The minimum atomic E-state index is -3.91. The van der Waals surface area contributed by atoms with Crippen molar-refractivity contribution in [3.63, 3.8) is 0 Å². The molecule has 5 nitrogen and oxygen atoms in total. The number of sulfonamides is 1. The van der Waals surface area contributed by atoms with Crippen molar-refractivity contribution in [2.75, 3.05) is 11.4 Å². The number of carbonyl (C=O) groups is 1. The van der Waals surface area contributed by atoms with E-state index in [-0.39, 0.29) is 17.3 Å². The van der Waals surface area contributed by atoms with Crippen LogP contribution >= 0.6 is 0 Å². The SMILES string of the molecule is C=C1CN(S(=O)(=O)c2ccc(C)cc2)[C@@H](c2ccccc2)[C@@H]1C(=O)N(c1ccccc1)c1ccccc1. The van der Waals surface area contributed by atoms with Crippen molar-refractivity contribution >= 4 is 27.3 Å². The van der Waals surface area contributed by atoms with Crippen LogP contribution in [0.2, 0.25) is 0 Å². The minimum absolute atomic E-state index is 0.0591. The van der Waals surface area contributed by atoms with Crippen molar-refractivity contribution in [1.29, 1.82) is 0 Å². The fraction of sp³-hybridized carbons (Fsp3) is 0.129. The second-order valence-electron chi connectivity index (χ2n) is 9.20. The Labute approximate surface area is 218 Å². The van der Waals surface area contributed by atoms with Gasteiger partial charge in [-0.05, 0) is 54.5 Å². The van der Waals surface area contributed by atoms with Crippen molar-refractivity contribution in [2.24, 2.45) is 5.92 Å². The standard InChI is InChI=1S/C31H28N2O3S/c1-23-18-20-28(21-19-23)37(35,36)32-22-24(2)29(30(32)25-12-6-3-7-13-25)31(34)33(26-14-8-4-9-15-26)27-16-10-5-11-17-27/h3-21,29-30H,2,22H2,1H3/t29-,30+/m1/s1. The van der Waals surface area contributed by atoms with Gasteiger partial charge >= 0.3 is 0 Å². The molecule has 0 spiro atoms. The Morgan fingerprint density at radius 1 is 0.784 bits per heavy atom. The van der Waals surface area contributed by atoms with Gasteiger partial charge in [0.2, 0.25) is 15.9 Å². The van der Waals surface area contributed by atoms with E-state index in [2.05, 4.69) is 6.58 Å². The maximum Gasteiger partial charge on any atom is 0.243 e. The molecule has 186 valence electrons. The first kappa shape index (κ1) is 24.7. The van der Waals surface area contributed by atoms with Crippen molar-refractivity contribution in [2.45, 2.75) is 17.9 Å². The van der Waals surface area contributed by atoms with E-state index in [9.17, 15) is 13.2 Å². The number of benzene rings is 4. The Balaban J connectivity index is 1.63. The molecule has 4 aromatic carbocycles. The number of carbonyl (C=O) groups excluding carboxylic acids is 1. The van der Waals surface area contributed by atoms with Crippen LogP contribution in [0.15, 0.2) is 132 Å². The van der Waals surface area contributed by atoms with E-state index in [1.807, 2.05) is 97.9 Å². The number of rotatable bonds is 6. The molecule has 1 fully saturated rings. The van der Waals surface area contributed by atoms with Gasteiger partial charge in [0, 0.05) is 17.9 Å². The summed E-state index contributed by atoms with van der Waals surface area (Å²) in [5.41, 5.74) is 3.69. The lowest BCUT2D eigenvalue weighted by molar-refractivity contribution is -0.121. The summed E-state index contributed by atoms with van der Waals surface area (Å²) in [6.45, 7) is 6.19. The van der Waals surface area contributed by atoms with Gasteiger partial charge in [-0.15, -0.1) is 0 Å². The lowest BCUT2D eigenvalue weighted by Gasteiger charge is -2.31. The molecule has 1 heterocycles. The topological polar surface area (TPSA) is 57.7 Å². The molecule has 1 amide bonds. The average molecular weight is 509 g/mol. The highest BCUT2D eigenvalue weighted by Crippen LogP contribution is 2.45. The van der Waals surface area contributed by atoms with E-state index >= 15 is 0 Å². The van der Waals surface area contributed by atoms with Crippen molar-refractivity contribution in [3.8, 4) is 0 Å². The smallest absolute Gasteiger partial charge is 0.243 e. The Bertz CT molecular complexity index is 1460. The van der Waals surface area contributed by atoms with Gasteiger partial charge in [-0.2, -0.15) is 4.31 Å². The van der Waals surface area contributed by atoms with Gasteiger partial charge in [0.1, 0.15) is 0 Å². The largest absolute Gasteiger partial charge is 0.280 e. The highest BCUT2D eigenvalue weighted by Gasteiger charge is 2.49. The van der Waals surface area contributed by atoms with Gasteiger partial charge in [0.25, 0.3) is 0 Å². The number of aryl methyl sites for hydroxylation is 1. The number of amides is 1. The third-order valence-electron chi connectivity index (χ3n) is 6.71. The predicted molar refractivity (Wildman–Crippen MR) is 147 cm³/mol. The lowest BCUT2D eigenvalue weighted by atomic mass is 9.90. The van der Waals surface area contributed by atoms with Crippen LogP contribution in [0.25, 0.3) is 0 Å². The van der Waals surface area contributed by atoms with Crippen molar-refractivity contribution in [3.05, 3.63) is 139 Å². The summed E-state index contributed by atoms with van der Waals surface area (Å²) in [5.74, 6) is -0.999. The molecule has 0 aromatic heterocycles. The summed E-state index contributed by atoms with van der Waals surface area (Å²) in [7, 11) is -3.91. The molecule has 0 aliphatic carbocycles. The zero-order valence-corrected chi connectivity index (χ0v) is 21.4. The molecule has 1 aliphatic heterocycles. The third kappa shape index (κ3) is 4.73. The van der Waals surface area contributed by atoms with E-state index in [4.69, 9.17) is 0 Å². The van der Waals surface area contributed by atoms with E-state index in [1.54, 1.807) is 29.2 Å². The molecular formula is C31H28N2O3S. The number of nitrogens with zero attached hydrogens (tertiary/aromatic N) is 2. The second kappa shape index (κ2) is 10.2. The zero-order chi connectivity index (χ0) is 26.0. The van der Waals surface area contributed by atoms with E-state index in [1.165, 1.54) is 4.31 Å². The maximum absolute atomic E-state index is 14.4. The zero-order valence-electron chi connectivity index (χ0n) is 20.6. The van der Waals surface area contributed by atoms with Crippen LogP contribution < -0.4 is 4.90 Å². The number of para-hydroxylation sites is 2. The van der Waals surface area contributed by atoms with Gasteiger partial charge in [0.15, 0.2) is 0 Å². The highest BCUT2D eigenvalue weighted by molar-refractivity contribution is 7.89. The number of hydrogen-bond donors (Lipinski definition) is 0. The molecule has 5 rings (SSSR count). The van der Waals surface area contributed by atoms with Crippen LogP contribution in [0.4, 0.5) is 11.4 Å². The van der Waals surface area contributed by atoms with E-state index in [0.717, 1.165) is 11.1 Å². The molecule has 0 saturated carbocycles. The molecule has 1 saturated heterocycles. The van der Waals surface area contributed by atoms with Crippen LogP contribution in [-0.2, 0) is 14.8 Å². The monoisotopic (exact) mass is 508 g/mol. The Kier molecular flexibility index (Phi) is 6.78. The Hall–Kier alpha value is -4.00. The average Bonchev–Trinajstić information content (AvgIpc) is 3.28. The fourth-order valence-electron chi connectivity index (χ4n) is 4.88. The van der Waals surface area contributed by atoms with Crippen LogP contribution in [0.1, 0.15) is 17.2 Å². The minimum Gasteiger partial charge on any atom is -0.280 e. The summed E-state index contributed by atoms with van der Waals surface area (Å²) in [4.78, 5) is 16.3. The third-order valence-corrected chi connectivity index (χ3v) is 8.55. The van der Waals surface area contributed by atoms with E-state index in [0.29, 0.717) is 16.9 Å². The molecule has 0 bridgehead atoms. The first-order valence-electron chi connectivity index (χ1n) is 12.1. The lowest BCUT2D eigenvalue weighted by Crippen LogP contribution is -2.38. The fourth-order valence-corrected chi connectivity index (χ4v) is 6.51. The Morgan fingerprint density at radius 2 is 1.27 bits per heavy atom. The summed E-state index contributed by atoms with van der Waals surface area (Å²) in [5, 5.41) is 0. The highest BCUT2D eigenvalue weighted by atomic mass is 32.2. The van der Waals surface area contributed by atoms with Gasteiger partial charge < -0.3 is 0 Å². The second-order valence-corrected chi connectivity index (χ2v) is 11.1. The van der Waals surface area contributed by atoms with Gasteiger partial charge in [-0.25, -0.2) is 8.42 Å². The predicted octanol–water partition coefficient (Wildman–Crippen LogP) is 6.28. The van der Waals surface area contributed by atoms with Crippen LogP contribution in [-0.4, -0.2) is 25.2 Å². The van der Waals surface area contributed by atoms with Gasteiger partial charge in [-0.3, -0.25) is 9.69 Å². The molecule has 1 aliphatic rings. The number of hydrogen-bond acceptors (Lipinski definition) is 3. The van der Waals surface area contributed by atoms with Crippen LogP contribution in [0.5, 0.6) is 0 Å². The van der Waals surface area contributed by atoms with Gasteiger partial charge in [0.05, 0.1) is 16.9 Å². The summed E-state index contributed by atoms with van der Waals surface area (Å²) >= 11 is 0. The number of anilines is 2. The van der Waals surface area contributed by atoms with Crippen LogP contribution in [0.3, 0.4) is 0 Å². The molecular weight excluding hydrogens is 480 g/mol. The molecule has 6 heteroatoms. The van der Waals surface area contributed by atoms with Crippen molar-refractivity contribution in [1.82, 2.24) is 4.31 Å². The summed E-state index contributed by atoms with van der Waals surface area (Å²) in [6.07, 6.45) is 0. The molecule has 4 aromatic rings. The molecule has 2 atom stereocenters.